The molecule has 0 aliphatic carbocycles. The first-order valence-electron chi connectivity index (χ1n) is 9.07. The van der Waals surface area contributed by atoms with Gasteiger partial charge in [0.25, 0.3) is 0 Å². The molecule has 0 radical (unpaired) electrons. The Labute approximate surface area is 171 Å². The molecule has 2 atom stereocenters. The summed E-state index contributed by atoms with van der Waals surface area (Å²) >= 11 is 0. The summed E-state index contributed by atoms with van der Waals surface area (Å²) in [5.74, 6) is -0.521. The van der Waals surface area contributed by atoms with Gasteiger partial charge in [-0.05, 0) is 24.6 Å². The molecule has 0 aromatic carbocycles. The molecule has 1 amide bonds. The van der Waals surface area contributed by atoms with Crippen molar-refractivity contribution in [3.63, 3.8) is 0 Å². The molecule has 2 aromatic heterocycles. The van der Waals surface area contributed by atoms with E-state index in [1.165, 1.54) is 4.90 Å². The van der Waals surface area contributed by atoms with Gasteiger partial charge in [0, 0.05) is 30.9 Å². The van der Waals surface area contributed by atoms with E-state index in [9.17, 15) is 31.1 Å². The number of amides is 1. The lowest BCUT2D eigenvalue weighted by Gasteiger charge is -2.29. The van der Waals surface area contributed by atoms with Gasteiger partial charge in [0.1, 0.15) is 11.6 Å². The second kappa shape index (κ2) is 7.25. The monoisotopic (exact) mass is 447 g/mol. The quantitative estimate of drug-likeness (QED) is 0.680. The van der Waals surface area contributed by atoms with E-state index < -0.39 is 41.5 Å². The predicted molar refractivity (Wildman–Crippen MR) is 96.2 cm³/mol. The number of rotatable bonds is 2. The number of cyclic esters (lactones) is 1. The van der Waals surface area contributed by atoms with Crippen LogP contribution >= 0.6 is 0 Å². The number of ether oxygens (including phenoxy) is 1. The molecule has 3 N–H and O–H groups in total. The van der Waals surface area contributed by atoms with Gasteiger partial charge in [-0.15, -0.1) is 0 Å². The van der Waals surface area contributed by atoms with Crippen LogP contribution in [0.4, 0.5) is 42.8 Å². The van der Waals surface area contributed by atoms with Crippen molar-refractivity contribution in [2.45, 2.75) is 30.9 Å². The number of nitrogens with zero attached hydrogens (tertiary/aromatic N) is 3. The number of nitrogens with one attached hydrogen (secondary N) is 1. The molecule has 31 heavy (non-hydrogen) atoms. The maximum absolute atomic E-state index is 13.6. The van der Waals surface area contributed by atoms with Crippen molar-refractivity contribution < 1.29 is 35.9 Å². The Balaban J connectivity index is 1.91. The number of hydrogen-bond acceptors (Lipinski definition) is 6. The molecule has 0 spiro atoms. The van der Waals surface area contributed by atoms with Crippen LogP contribution in [0.2, 0.25) is 0 Å². The second-order valence-corrected chi connectivity index (χ2v) is 7.16. The van der Waals surface area contributed by atoms with Crippen LogP contribution in [-0.4, -0.2) is 41.4 Å². The van der Waals surface area contributed by atoms with E-state index in [0.717, 1.165) is 18.3 Å². The number of alkyl halides is 6. The van der Waals surface area contributed by atoms with Crippen molar-refractivity contribution in [3.05, 3.63) is 35.5 Å². The lowest BCUT2D eigenvalue weighted by molar-refractivity contribution is -0.206. The van der Waals surface area contributed by atoms with Crippen LogP contribution in [0.25, 0.3) is 11.3 Å². The number of halogens is 6. The summed E-state index contributed by atoms with van der Waals surface area (Å²) in [7, 11) is 0. The van der Waals surface area contributed by atoms with Gasteiger partial charge in [-0.2, -0.15) is 26.3 Å². The van der Waals surface area contributed by atoms with E-state index in [2.05, 4.69) is 14.7 Å². The fourth-order valence-corrected chi connectivity index (χ4v) is 3.56. The highest BCUT2D eigenvalue weighted by Gasteiger charge is 2.49. The SMILES string of the molecule is N[C@H]1CCN(c2cc(C(F)(F)F)cc(-c3ccnc4c3[C@H](C(F)(F)F)OC(=O)N4)n2)C1. The molecule has 7 nitrogen and oxygen atoms in total. The summed E-state index contributed by atoms with van der Waals surface area (Å²) < 4.78 is 85.7. The van der Waals surface area contributed by atoms with Crippen molar-refractivity contribution in [1.29, 1.82) is 0 Å². The third-order valence-electron chi connectivity index (χ3n) is 4.96. The number of carbonyl (C=O) groups is 1. The fraction of sp³-hybridized carbons (Fsp3) is 0.389. The fourth-order valence-electron chi connectivity index (χ4n) is 3.56. The van der Waals surface area contributed by atoms with Gasteiger partial charge < -0.3 is 15.4 Å². The lowest BCUT2D eigenvalue weighted by atomic mass is 9.98. The molecule has 4 heterocycles. The minimum Gasteiger partial charge on any atom is -0.431 e. The van der Waals surface area contributed by atoms with Crippen molar-refractivity contribution >= 4 is 17.7 Å². The lowest BCUT2D eigenvalue weighted by Crippen LogP contribution is -2.34. The largest absolute Gasteiger partial charge is 0.431 e. The summed E-state index contributed by atoms with van der Waals surface area (Å²) in [5, 5.41) is 2.04. The predicted octanol–water partition coefficient (Wildman–Crippen LogP) is 3.87. The van der Waals surface area contributed by atoms with Crippen molar-refractivity contribution in [2.75, 3.05) is 23.3 Å². The highest BCUT2D eigenvalue weighted by molar-refractivity contribution is 5.89. The van der Waals surface area contributed by atoms with E-state index in [1.54, 1.807) is 0 Å². The molecule has 0 saturated carbocycles. The summed E-state index contributed by atoms with van der Waals surface area (Å²) in [5.41, 5.74) is 3.47. The van der Waals surface area contributed by atoms with Gasteiger partial charge in [0.05, 0.1) is 16.8 Å². The van der Waals surface area contributed by atoms with Crippen LogP contribution in [-0.2, 0) is 10.9 Å². The van der Waals surface area contributed by atoms with Crippen LogP contribution in [0.15, 0.2) is 24.4 Å². The smallest absolute Gasteiger partial charge is 0.430 e. The van der Waals surface area contributed by atoms with Crippen LogP contribution < -0.4 is 16.0 Å². The number of nitrogens with two attached hydrogens (primary N) is 1. The van der Waals surface area contributed by atoms with Gasteiger partial charge in [0.15, 0.2) is 0 Å². The Kier molecular flexibility index (Phi) is 4.95. The molecule has 1 saturated heterocycles. The van der Waals surface area contributed by atoms with Crippen molar-refractivity contribution in [3.8, 4) is 11.3 Å². The summed E-state index contributed by atoms with van der Waals surface area (Å²) in [6, 6.07) is 2.32. The topological polar surface area (TPSA) is 93.4 Å². The Bertz CT molecular complexity index is 1030. The highest BCUT2D eigenvalue weighted by atomic mass is 19.4. The first-order valence-corrected chi connectivity index (χ1v) is 9.07. The minimum absolute atomic E-state index is 0.0624. The standard InChI is InChI=1S/C18H15F6N5O2/c19-17(20,21)8-5-11(27-12(6-8)29-4-2-9(25)7-29)10-1-3-26-15-13(10)14(18(22,23)24)31-16(30)28-15/h1,3,5-6,9,14H,2,4,7,25H2,(H,26,28,30)/t9-,14+/m0/s1. The molecule has 166 valence electrons. The van der Waals surface area contributed by atoms with E-state index in [-0.39, 0.29) is 29.7 Å². The number of anilines is 2. The number of fused-ring (bicyclic) bond motifs is 1. The van der Waals surface area contributed by atoms with Gasteiger partial charge in [-0.1, -0.05) is 0 Å². The number of hydrogen-bond donors (Lipinski definition) is 2. The van der Waals surface area contributed by atoms with Crippen LogP contribution in [0.1, 0.15) is 23.7 Å². The molecular weight excluding hydrogens is 432 g/mol. The van der Waals surface area contributed by atoms with Gasteiger partial charge in [-0.25, -0.2) is 14.8 Å². The van der Waals surface area contributed by atoms with E-state index >= 15 is 0 Å². The number of aromatic nitrogens is 2. The maximum Gasteiger partial charge on any atom is 0.430 e. The molecule has 13 heteroatoms. The van der Waals surface area contributed by atoms with Gasteiger partial charge in [-0.3, -0.25) is 5.32 Å². The van der Waals surface area contributed by atoms with Crippen LogP contribution in [0, 0.1) is 0 Å². The molecule has 0 bridgehead atoms. The zero-order valence-corrected chi connectivity index (χ0v) is 15.6. The Morgan fingerprint density at radius 2 is 1.94 bits per heavy atom. The van der Waals surface area contributed by atoms with E-state index in [4.69, 9.17) is 5.73 Å². The number of carbonyl (C=O) groups excluding carboxylic acids is 1. The van der Waals surface area contributed by atoms with Crippen molar-refractivity contribution in [2.24, 2.45) is 5.73 Å². The molecular formula is C18H15F6N5O2. The zero-order valence-electron chi connectivity index (χ0n) is 15.6. The summed E-state index contributed by atoms with van der Waals surface area (Å²) in [4.78, 5) is 21.0. The average Bonchev–Trinajstić information content (AvgIpc) is 3.11. The third kappa shape index (κ3) is 4.09. The third-order valence-corrected chi connectivity index (χ3v) is 4.96. The highest BCUT2D eigenvalue weighted by Crippen LogP contribution is 2.46. The molecule has 2 aromatic rings. The maximum atomic E-state index is 13.6. The van der Waals surface area contributed by atoms with Crippen LogP contribution in [0.3, 0.4) is 0 Å². The minimum atomic E-state index is -5.02. The normalized spacial score (nSPS) is 21.5. The molecule has 2 aliphatic rings. The zero-order chi connectivity index (χ0) is 22.6. The molecule has 0 unspecified atom stereocenters. The molecule has 1 fully saturated rings. The number of pyridine rings is 2. The van der Waals surface area contributed by atoms with E-state index in [1.807, 2.05) is 5.32 Å². The Hall–Kier alpha value is -3.09. The van der Waals surface area contributed by atoms with Gasteiger partial charge in [0.2, 0.25) is 6.10 Å². The molecule has 4 rings (SSSR count). The summed E-state index contributed by atoms with van der Waals surface area (Å²) in [6.45, 7) is 0.611. The van der Waals surface area contributed by atoms with Gasteiger partial charge >= 0.3 is 18.4 Å². The molecule has 2 aliphatic heterocycles. The van der Waals surface area contributed by atoms with E-state index in [0.29, 0.717) is 19.0 Å². The Morgan fingerprint density at radius 1 is 1.19 bits per heavy atom. The Morgan fingerprint density at radius 3 is 2.55 bits per heavy atom. The summed E-state index contributed by atoms with van der Waals surface area (Å²) in [6.07, 6.45) is -12.3. The first-order chi connectivity index (χ1) is 14.4. The average molecular weight is 447 g/mol. The first kappa shape index (κ1) is 21.2. The van der Waals surface area contributed by atoms with Crippen molar-refractivity contribution in [1.82, 2.24) is 9.97 Å². The van der Waals surface area contributed by atoms with Crippen LogP contribution in [0.5, 0.6) is 0 Å². The second-order valence-electron chi connectivity index (χ2n) is 7.16.